The number of hydrogen-bond donors (Lipinski definition) is 1. The monoisotopic (exact) mass is 697 g/mol. The molecule has 1 N–H and O–H groups in total. The fourth-order valence-corrected chi connectivity index (χ4v) is 6.09. The highest BCUT2D eigenvalue weighted by atomic mass is 79.9. The Kier molecular flexibility index (Phi) is 12.5. The number of carbonyl (C=O) groups is 2. The topological polar surface area (TPSA) is 96.0 Å². The minimum absolute atomic E-state index is 0.00748. The number of anilines is 1. The van der Waals surface area contributed by atoms with Gasteiger partial charge in [0.25, 0.3) is 10.0 Å². The van der Waals surface area contributed by atoms with E-state index in [4.69, 9.17) is 27.9 Å². The van der Waals surface area contributed by atoms with E-state index < -0.39 is 28.5 Å². The van der Waals surface area contributed by atoms with Gasteiger partial charge in [-0.15, -0.1) is 0 Å². The third-order valence-electron chi connectivity index (χ3n) is 6.45. The SMILES string of the molecule is CCCCNC(=O)[C@H](C)N(Cc1ccc(Cl)c(Cl)c1)C(=O)CN(c1ccc(OCC)cc1)S(=O)(=O)c1ccc(Br)cc1. The van der Waals surface area contributed by atoms with Gasteiger partial charge in [-0.1, -0.05) is 58.5 Å². The summed E-state index contributed by atoms with van der Waals surface area (Å²) in [7, 11) is -4.19. The molecule has 12 heteroatoms. The zero-order valence-corrected chi connectivity index (χ0v) is 27.6. The third kappa shape index (κ3) is 8.86. The molecule has 0 saturated heterocycles. The highest BCUT2D eigenvalue weighted by Crippen LogP contribution is 2.28. The highest BCUT2D eigenvalue weighted by Gasteiger charge is 2.32. The van der Waals surface area contributed by atoms with E-state index in [0.29, 0.717) is 39.0 Å². The van der Waals surface area contributed by atoms with Gasteiger partial charge < -0.3 is 15.0 Å². The van der Waals surface area contributed by atoms with E-state index in [1.807, 2.05) is 13.8 Å². The number of hydrogen-bond acceptors (Lipinski definition) is 5. The molecule has 8 nitrogen and oxygen atoms in total. The predicted octanol–water partition coefficient (Wildman–Crippen LogP) is 6.68. The first-order chi connectivity index (χ1) is 20.0. The Hall–Kier alpha value is -2.79. The molecule has 0 radical (unpaired) electrons. The van der Waals surface area contributed by atoms with Crippen molar-refractivity contribution in [3.05, 3.63) is 86.8 Å². The maximum Gasteiger partial charge on any atom is 0.264 e. The summed E-state index contributed by atoms with van der Waals surface area (Å²) in [4.78, 5) is 28.4. The molecule has 0 aliphatic heterocycles. The van der Waals surface area contributed by atoms with Gasteiger partial charge in [0.1, 0.15) is 18.3 Å². The molecule has 0 aromatic heterocycles. The molecule has 2 amide bonds. The number of nitrogens with one attached hydrogen (secondary N) is 1. The number of sulfonamides is 1. The van der Waals surface area contributed by atoms with Gasteiger partial charge in [-0.25, -0.2) is 8.42 Å². The number of unbranched alkanes of at least 4 members (excludes halogenated alkanes) is 1. The molecule has 0 saturated carbocycles. The molecule has 0 heterocycles. The predicted molar refractivity (Wildman–Crippen MR) is 171 cm³/mol. The summed E-state index contributed by atoms with van der Waals surface area (Å²) in [6.45, 7) is 5.83. The van der Waals surface area contributed by atoms with E-state index >= 15 is 0 Å². The van der Waals surface area contributed by atoms with Crippen LogP contribution in [0, 0.1) is 0 Å². The molecule has 3 aromatic rings. The highest BCUT2D eigenvalue weighted by molar-refractivity contribution is 9.10. The third-order valence-corrected chi connectivity index (χ3v) is 9.51. The number of halogens is 3. The van der Waals surface area contributed by atoms with E-state index in [0.717, 1.165) is 17.1 Å². The van der Waals surface area contributed by atoms with Crippen LogP contribution in [-0.4, -0.2) is 50.9 Å². The maximum atomic E-state index is 14.0. The number of amides is 2. The molecule has 42 heavy (non-hydrogen) atoms. The van der Waals surface area contributed by atoms with Crippen LogP contribution in [0.4, 0.5) is 5.69 Å². The van der Waals surface area contributed by atoms with Crippen molar-refractivity contribution in [3.8, 4) is 5.75 Å². The number of rotatable bonds is 14. The summed E-state index contributed by atoms with van der Waals surface area (Å²) < 4.78 is 35.1. The van der Waals surface area contributed by atoms with Gasteiger partial charge in [0.2, 0.25) is 11.8 Å². The fourth-order valence-electron chi connectivity index (χ4n) is 4.09. The minimum atomic E-state index is -4.19. The van der Waals surface area contributed by atoms with E-state index in [9.17, 15) is 18.0 Å². The summed E-state index contributed by atoms with van der Waals surface area (Å²) in [5.74, 6) is -0.360. The Labute approximate surface area is 266 Å². The van der Waals surface area contributed by atoms with Crippen LogP contribution in [0.2, 0.25) is 10.0 Å². The Bertz CT molecular complexity index is 1470. The van der Waals surface area contributed by atoms with Gasteiger partial charge in [-0.05, 0) is 86.5 Å². The van der Waals surface area contributed by atoms with Crippen molar-refractivity contribution in [3.63, 3.8) is 0 Å². The molecule has 3 aromatic carbocycles. The normalized spacial score (nSPS) is 12.0. The van der Waals surface area contributed by atoms with Gasteiger partial charge >= 0.3 is 0 Å². The molecule has 0 aliphatic rings. The largest absolute Gasteiger partial charge is 0.494 e. The summed E-state index contributed by atoms with van der Waals surface area (Å²) in [6, 6.07) is 16.6. The second kappa shape index (κ2) is 15.6. The molecule has 0 spiro atoms. The van der Waals surface area contributed by atoms with E-state index in [1.165, 1.54) is 17.0 Å². The van der Waals surface area contributed by atoms with Gasteiger partial charge in [-0.2, -0.15) is 0 Å². The lowest BCUT2D eigenvalue weighted by atomic mass is 10.1. The summed E-state index contributed by atoms with van der Waals surface area (Å²) in [6.07, 6.45) is 1.68. The van der Waals surface area contributed by atoms with Crippen molar-refractivity contribution >= 4 is 66.7 Å². The van der Waals surface area contributed by atoms with Crippen molar-refractivity contribution in [2.45, 2.75) is 51.1 Å². The Morgan fingerprint density at radius 3 is 2.24 bits per heavy atom. The Balaban J connectivity index is 2.02. The van der Waals surface area contributed by atoms with Crippen LogP contribution in [0.5, 0.6) is 5.75 Å². The van der Waals surface area contributed by atoms with Crippen molar-refractivity contribution in [2.24, 2.45) is 0 Å². The Morgan fingerprint density at radius 1 is 0.976 bits per heavy atom. The average molecular weight is 699 g/mol. The van der Waals surface area contributed by atoms with Crippen molar-refractivity contribution in [1.29, 1.82) is 0 Å². The second-order valence-electron chi connectivity index (χ2n) is 9.48. The summed E-state index contributed by atoms with van der Waals surface area (Å²) in [5, 5.41) is 3.51. The molecule has 0 unspecified atom stereocenters. The first-order valence-corrected chi connectivity index (χ1v) is 16.5. The zero-order valence-electron chi connectivity index (χ0n) is 23.6. The van der Waals surface area contributed by atoms with Crippen LogP contribution in [0.15, 0.2) is 76.1 Å². The first-order valence-electron chi connectivity index (χ1n) is 13.5. The van der Waals surface area contributed by atoms with Crippen LogP contribution in [0.3, 0.4) is 0 Å². The molecular formula is C30H34BrCl2N3O5S. The minimum Gasteiger partial charge on any atom is -0.494 e. The van der Waals surface area contributed by atoms with Crippen LogP contribution in [-0.2, 0) is 26.2 Å². The average Bonchev–Trinajstić information content (AvgIpc) is 2.97. The molecule has 226 valence electrons. The molecular weight excluding hydrogens is 665 g/mol. The maximum absolute atomic E-state index is 14.0. The van der Waals surface area contributed by atoms with Gasteiger partial charge in [0.05, 0.1) is 27.2 Å². The number of ether oxygens (including phenoxy) is 1. The van der Waals surface area contributed by atoms with Crippen LogP contribution >= 0.6 is 39.1 Å². The van der Waals surface area contributed by atoms with Crippen LogP contribution < -0.4 is 14.4 Å². The standard InChI is InChI=1S/C30H34BrCl2N3O5S/c1-4-6-17-34-30(38)21(3)35(19-22-7-16-27(32)28(33)18-22)29(37)20-36(24-10-12-25(13-11-24)41-5-2)42(39,40)26-14-8-23(31)9-15-26/h7-16,18,21H,4-6,17,19-20H2,1-3H3,(H,34,38)/t21-/m0/s1. The van der Waals surface area contributed by atoms with Crippen molar-refractivity contribution < 1.29 is 22.7 Å². The molecule has 3 rings (SSSR count). The van der Waals surface area contributed by atoms with Gasteiger partial charge in [0.15, 0.2) is 0 Å². The number of benzene rings is 3. The smallest absolute Gasteiger partial charge is 0.264 e. The molecule has 1 atom stereocenters. The fraction of sp³-hybridized carbons (Fsp3) is 0.333. The number of carbonyl (C=O) groups excluding carboxylic acids is 2. The van der Waals surface area contributed by atoms with E-state index in [2.05, 4.69) is 21.2 Å². The van der Waals surface area contributed by atoms with Crippen LogP contribution in [0.1, 0.15) is 39.2 Å². The lowest BCUT2D eigenvalue weighted by Crippen LogP contribution is -2.51. The first kappa shape index (κ1) is 33.7. The molecule has 0 bridgehead atoms. The Morgan fingerprint density at radius 2 is 1.64 bits per heavy atom. The van der Waals surface area contributed by atoms with E-state index in [-0.39, 0.29) is 23.0 Å². The number of nitrogens with zero attached hydrogens (tertiary/aromatic N) is 2. The van der Waals surface area contributed by atoms with Gasteiger partial charge in [-0.3, -0.25) is 13.9 Å². The second-order valence-corrected chi connectivity index (χ2v) is 13.1. The molecule has 0 aliphatic carbocycles. The summed E-state index contributed by atoms with van der Waals surface area (Å²) in [5.41, 5.74) is 0.901. The van der Waals surface area contributed by atoms with Crippen molar-refractivity contribution in [2.75, 3.05) is 24.0 Å². The van der Waals surface area contributed by atoms with Crippen molar-refractivity contribution in [1.82, 2.24) is 10.2 Å². The van der Waals surface area contributed by atoms with Crippen LogP contribution in [0.25, 0.3) is 0 Å². The lowest BCUT2D eigenvalue weighted by molar-refractivity contribution is -0.139. The van der Waals surface area contributed by atoms with Gasteiger partial charge in [0, 0.05) is 17.6 Å². The summed E-state index contributed by atoms with van der Waals surface area (Å²) >= 11 is 15.6. The molecule has 0 fully saturated rings. The quantitative estimate of drug-likeness (QED) is 0.190. The zero-order chi connectivity index (χ0) is 30.9. The lowest BCUT2D eigenvalue weighted by Gasteiger charge is -2.32. The van der Waals surface area contributed by atoms with E-state index in [1.54, 1.807) is 61.5 Å².